The molecule has 0 bridgehead atoms. The average molecular weight is 265 g/mol. The van der Waals surface area contributed by atoms with Crippen LogP contribution in [0, 0.1) is 0 Å². The Morgan fingerprint density at radius 1 is 1.79 bits per heavy atom. The highest BCUT2D eigenvalue weighted by atomic mass is 79.9. The van der Waals surface area contributed by atoms with Crippen molar-refractivity contribution in [3.63, 3.8) is 0 Å². The second kappa shape index (κ2) is 3.82. The number of halogens is 2. The summed E-state index contributed by atoms with van der Waals surface area (Å²) < 4.78 is 17.5. The topological polar surface area (TPSA) is 46.5 Å². The number of carbonyl (C=O) groups is 1. The highest BCUT2D eigenvalue weighted by Crippen LogP contribution is 2.35. The lowest BCUT2D eigenvalue weighted by molar-refractivity contribution is -0.132. The van der Waals surface area contributed by atoms with Gasteiger partial charge in [-0.15, -0.1) is 0 Å². The number of rotatable bonds is 2. The van der Waals surface area contributed by atoms with Gasteiger partial charge >= 0.3 is 5.97 Å². The van der Waals surface area contributed by atoms with E-state index in [0.29, 0.717) is 0 Å². The normalized spacial score (nSPS) is 32.1. The van der Waals surface area contributed by atoms with Gasteiger partial charge in [0.05, 0.1) is 16.0 Å². The molecule has 0 aromatic rings. The van der Waals surface area contributed by atoms with Gasteiger partial charge in [-0.1, -0.05) is 15.9 Å². The molecule has 2 atom stereocenters. The number of hydrogen-bond donors (Lipinski definition) is 1. The Balaban J connectivity index is 3.10. The van der Waals surface area contributed by atoms with E-state index in [1.165, 1.54) is 13.2 Å². The van der Waals surface area contributed by atoms with Crippen LogP contribution >= 0.6 is 15.9 Å². The largest absolute Gasteiger partial charge is 0.478 e. The van der Waals surface area contributed by atoms with Crippen LogP contribution in [0.25, 0.3) is 0 Å². The molecule has 1 aliphatic carbocycles. The standard InChI is InChI=1S/C9H10BrFO3/c1-9(10)4-5(8(12)13)6(11)3-7(9)14-2/h3-4,7H,1-2H3,(H,12,13). The molecule has 0 heterocycles. The smallest absolute Gasteiger partial charge is 0.338 e. The van der Waals surface area contributed by atoms with Gasteiger partial charge in [0.2, 0.25) is 0 Å². The van der Waals surface area contributed by atoms with Crippen LogP contribution in [0.1, 0.15) is 6.92 Å². The average Bonchev–Trinajstić information content (AvgIpc) is 2.07. The van der Waals surface area contributed by atoms with Crippen LogP contribution in [0.15, 0.2) is 23.6 Å². The van der Waals surface area contributed by atoms with E-state index in [1.54, 1.807) is 6.92 Å². The minimum atomic E-state index is -1.28. The molecule has 0 saturated carbocycles. The Morgan fingerprint density at radius 2 is 2.36 bits per heavy atom. The fraction of sp³-hybridized carbons (Fsp3) is 0.444. The molecule has 0 aromatic heterocycles. The highest BCUT2D eigenvalue weighted by Gasteiger charge is 2.35. The molecule has 78 valence electrons. The van der Waals surface area contributed by atoms with Crippen molar-refractivity contribution < 1.29 is 19.0 Å². The third-order valence-electron chi connectivity index (χ3n) is 2.02. The first-order chi connectivity index (χ1) is 6.38. The summed E-state index contributed by atoms with van der Waals surface area (Å²) in [5.41, 5.74) is -0.335. The zero-order chi connectivity index (χ0) is 10.9. The van der Waals surface area contributed by atoms with Gasteiger partial charge in [-0.2, -0.15) is 0 Å². The molecular formula is C9H10BrFO3. The fourth-order valence-electron chi connectivity index (χ4n) is 1.28. The fourth-order valence-corrected chi connectivity index (χ4v) is 1.83. The van der Waals surface area contributed by atoms with Gasteiger partial charge in [0, 0.05) is 7.11 Å². The van der Waals surface area contributed by atoms with E-state index in [9.17, 15) is 9.18 Å². The summed E-state index contributed by atoms with van der Waals surface area (Å²) in [5, 5.41) is 8.69. The summed E-state index contributed by atoms with van der Waals surface area (Å²) in [6, 6.07) is 0. The van der Waals surface area contributed by atoms with Crippen molar-refractivity contribution in [1.82, 2.24) is 0 Å². The van der Waals surface area contributed by atoms with Gasteiger partial charge in [0.1, 0.15) is 5.83 Å². The molecule has 14 heavy (non-hydrogen) atoms. The predicted molar refractivity (Wildman–Crippen MR) is 53.0 cm³/mol. The summed E-state index contributed by atoms with van der Waals surface area (Å²) in [4.78, 5) is 10.6. The first-order valence-electron chi connectivity index (χ1n) is 3.94. The van der Waals surface area contributed by atoms with E-state index < -0.39 is 22.2 Å². The van der Waals surface area contributed by atoms with E-state index >= 15 is 0 Å². The Hall–Kier alpha value is -0.680. The van der Waals surface area contributed by atoms with Crippen LogP contribution in [0.5, 0.6) is 0 Å². The van der Waals surface area contributed by atoms with E-state index in [0.717, 1.165) is 6.08 Å². The molecular weight excluding hydrogens is 255 g/mol. The zero-order valence-electron chi connectivity index (χ0n) is 7.75. The third-order valence-corrected chi connectivity index (χ3v) is 2.70. The minimum absolute atomic E-state index is 0.335. The maximum absolute atomic E-state index is 13.2. The lowest BCUT2D eigenvalue weighted by atomic mass is 9.94. The number of carboxylic acid groups (broad SMARTS) is 1. The number of methoxy groups -OCH3 is 1. The lowest BCUT2D eigenvalue weighted by Crippen LogP contribution is -2.35. The molecule has 0 aromatic carbocycles. The maximum Gasteiger partial charge on any atom is 0.338 e. The van der Waals surface area contributed by atoms with E-state index in [1.807, 2.05) is 0 Å². The van der Waals surface area contributed by atoms with Gasteiger partial charge in [-0.25, -0.2) is 9.18 Å². The van der Waals surface area contributed by atoms with Crippen molar-refractivity contribution in [3.8, 4) is 0 Å². The van der Waals surface area contributed by atoms with Crippen molar-refractivity contribution in [3.05, 3.63) is 23.6 Å². The van der Waals surface area contributed by atoms with Crippen LogP contribution in [-0.2, 0) is 9.53 Å². The Morgan fingerprint density at radius 3 is 2.79 bits per heavy atom. The van der Waals surface area contributed by atoms with Gasteiger partial charge in [0.15, 0.2) is 0 Å². The molecule has 0 radical (unpaired) electrons. The molecule has 1 N–H and O–H groups in total. The predicted octanol–water partition coefficient (Wildman–Crippen LogP) is 2.03. The molecule has 0 amide bonds. The third kappa shape index (κ3) is 2.04. The molecule has 0 spiro atoms. The van der Waals surface area contributed by atoms with Crippen LogP contribution in [0.2, 0.25) is 0 Å². The summed E-state index contributed by atoms with van der Waals surface area (Å²) in [7, 11) is 1.44. The van der Waals surface area contributed by atoms with Crippen LogP contribution in [0.3, 0.4) is 0 Å². The number of ether oxygens (including phenoxy) is 1. The second-order valence-corrected chi connectivity index (χ2v) is 4.89. The maximum atomic E-state index is 13.2. The SMILES string of the molecule is COC1C=C(F)C(C(=O)O)=CC1(C)Br. The molecule has 2 unspecified atom stereocenters. The second-order valence-electron chi connectivity index (χ2n) is 3.19. The molecule has 1 aliphatic rings. The molecule has 0 aliphatic heterocycles. The van der Waals surface area contributed by atoms with Crippen LogP contribution < -0.4 is 0 Å². The van der Waals surface area contributed by atoms with Crippen LogP contribution in [-0.4, -0.2) is 28.6 Å². The molecule has 0 saturated heterocycles. The molecule has 3 nitrogen and oxygen atoms in total. The van der Waals surface area contributed by atoms with Crippen molar-refractivity contribution in [2.75, 3.05) is 7.11 Å². The number of aliphatic carboxylic acids is 1. The van der Waals surface area contributed by atoms with E-state index in [4.69, 9.17) is 9.84 Å². The van der Waals surface area contributed by atoms with Crippen LogP contribution in [0.4, 0.5) is 4.39 Å². The van der Waals surface area contributed by atoms with Crippen molar-refractivity contribution in [1.29, 1.82) is 0 Å². The monoisotopic (exact) mass is 264 g/mol. The summed E-state index contributed by atoms with van der Waals surface area (Å²) in [6.07, 6.45) is 1.95. The number of carboxylic acids is 1. The van der Waals surface area contributed by atoms with E-state index in [-0.39, 0.29) is 5.57 Å². The summed E-state index contributed by atoms with van der Waals surface area (Å²) >= 11 is 3.28. The Kier molecular flexibility index (Phi) is 3.11. The van der Waals surface area contributed by atoms with Gasteiger partial charge in [0.25, 0.3) is 0 Å². The number of hydrogen-bond acceptors (Lipinski definition) is 2. The first-order valence-corrected chi connectivity index (χ1v) is 4.73. The van der Waals surface area contributed by atoms with Gasteiger partial charge < -0.3 is 9.84 Å². The molecule has 5 heteroatoms. The molecule has 1 rings (SSSR count). The van der Waals surface area contributed by atoms with Crippen molar-refractivity contribution in [2.24, 2.45) is 0 Å². The first kappa shape index (κ1) is 11.4. The van der Waals surface area contributed by atoms with Gasteiger partial charge in [-0.05, 0) is 19.1 Å². The quantitative estimate of drug-likeness (QED) is 0.777. The van der Waals surface area contributed by atoms with Crippen molar-refractivity contribution >= 4 is 21.9 Å². The minimum Gasteiger partial charge on any atom is -0.478 e. The Labute approximate surface area is 89.4 Å². The van der Waals surface area contributed by atoms with Gasteiger partial charge in [-0.3, -0.25) is 0 Å². The highest BCUT2D eigenvalue weighted by molar-refractivity contribution is 9.10. The summed E-state index contributed by atoms with van der Waals surface area (Å²) in [5.74, 6) is -2.04. The Bertz CT molecular complexity index is 320. The lowest BCUT2D eigenvalue weighted by Gasteiger charge is -2.29. The van der Waals surface area contributed by atoms with Crippen molar-refractivity contribution in [2.45, 2.75) is 17.4 Å². The van der Waals surface area contributed by atoms with E-state index in [2.05, 4.69) is 15.9 Å². The zero-order valence-corrected chi connectivity index (χ0v) is 9.34. The number of alkyl halides is 1. The molecule has 0 fully saturated rings. The summed E-state index contributed by atoms with van der Waals surface area (Å²) in [6.45, 7) is 1.72.